The van der Waals surface area contributed by atoms with E-state index in [0.29, 0.717) is 71.3 Å². The lowest BCUT2D eigenvalue weighted by Gasteiger charge is -2.27. The minimum Gasteiger partial charge on any atom is -0.493 e. The van der Waals surface area contributed by atoms with Crippen LogP contribution in [0.15, 0.2) is 91.3 Å². The number of anilines is 2. The van der Waals surface area contributed by atoms with Gasteiger partial charge < -0.3 is 24.4 Å². The van der Waals surface area contributed by atoms with Crippen molar-refractivity contribution in [1.29, 1.82) is 0 Å². The van der Waals surface area contributed by atoms with Crippen molar-refractivity contribution < 1.29 is 28.2 Å². The Morgan fingerprint density at radius 3 is 2.55 bits per heavy atom. The summed E-state index contributed by atoms with van der Waals surface area (Å²) >= 11 is 0. The van der Waals surface area contributed by atoms with Crippen molar-refractivity contribution in [2.45, 2.75) is 19.0 Å². The molecule has 10 nitrogen and oxygen atoms in total. The number of ketones is 1. The molecule has 1 atom stereocenters. The van der Waals surface area contributed by atoms with Gasteiger partial charge in [-0.3, -0.25) is 14.5 Å². The topological polar surface area (TPSA) is 106 Å². The van der Waals surface area contributed by atoms with E-state index in [-0.39, 0.29) is 23.8 Å². The maximum atomic E-state index is 15.7. The molecule has 5 aromatic rings. The van der Waals surface area contributed by atoms with Crippen LogP contribution in [-0.4, -0.2) is 78.0 Å². The molecule has 2 aliphatic heterocycles. The molecule has 1 N–H and O–H groups in total. The number of amides is 1. The summed E-state index contributed by atoms with van der Waals surface area (Å²) in [5, 5.41) is 3.73. The molecule has 1 unspecified atom stereocenters. The second-order valence-electron chi connectivity index (χ2n) is 12.0. The largest absolute Gasteiger partial charge is 0.493 e. The molecular weight excluding hydrogens is 625 g/mol. The smallest absolute Gasteiger partial charge is 0.255 e. The van der Waals surface area contributed by atoms with Crippen molar-refractivity contribution in [3.8, 4) is 11.5 Å². The molecule has 0 bridgehead atoms. The molecule has 0 saturated carbocycles. The molecule has 0 aliphatic carbocycles. The third kappa shape index (κ3) is 6.94. The number of fused-ring (bicyclic) bond motifs is 2. The summed E-state index contributed by atoms with van der Waals surface area (Å²) in [5.74, 6) is 0.516. The Morgan fingerprint density at radius 1 is 0.980 bits per heavy atom. The van der Waals surface area contributed by atoms with Crippen molar-refractivity contribution >= 4 is 34.1 Å². The number of carbonyl (C=O) groups is 2. The zero-order valence-corrected chi connectivity index (χ0v) is 27.1. The van der Waals surface area contributed by atoms with Crippen molar-refractivity contribution in [3.63, 3.8) is 0 Å². The highest BCUT2D eigenvalue weighted by molar-refractivity contribution is 6.02. The predicted octanol–water partition coefficient (Wildman–Crippen LogP) is 5.74. The third-order valence-corrected chi connectivity index (χ3v) is 8.94. The van der Waals surface area contributed by atoms with Crippen LogP contribution in [0.4, 0.5) is 15.9 Å². The first-order valence-corrected chi connectivity index (χ1v) is 16.3. The van der Waals surface area contributed by atoms with Gasteiger partial charge in [0.05, 0.1) is 31.5 Å². The Balaban J connectivity index is 1.09. The normalized spacial score (nSPS) is 15.2. The van der Waals surface area contributed by atoms with Gasteiger partial charge >= 0.3 is 0 Å². The standard InChI is InChI=1S/C38H36FN5O5/c1-47-34-22-32-29(21-35(34)49-18-15-43-13-16-48-17-14-43)37(41-24-40-32)42-31-12-11-25(19-30(31)39)20-33(45)36(26-7-3-2-4-8-26)44-23-27-9-5-6-10-28(27)38(44)46/h2-12,19,21-22,24,36H,13-18,20,23H2,1H3,(H,40,41,42). The Hall–Kier alpha value is -5.39. The Labute approximate surface area is 283 Å². The molecule has 11 heteroatoms. The van der Waals surface area contributed by atoms with Gasteiger partial charge in [-0.2, -0.15) is 0 Å². The lowest BCUT2D eigenvalue weighted by molar-refractivity contribution is -0.123. The van der Waals surface area contributed by atoms with Gasteiger partial charge in [-0.15, -0.1) is 0 Å². The number of rotatable bonds is 12. The molecule has 49 heavy (non-hydrogen) atoms. The van der Waals surface area contributed by atoms with Crippen LogP contribution in [0.3, 0.4) is 0 Å². The first kappa shape index (κ1) is 32.2. The summed E-state index contributed by atoms with van der Waals surface area (Å²) in [7, 11) is 1.57. The van der Waals surface area contributed by atoms with Gasteiger partial charge in [0, 0.05) is 49.6 Å². The van der Waals surface area contributed by atoms with E-state index in [1.807, 2.05) is 48.5 Å². The molecule has 7 rings (SSSR count). The number of methoxy groups -OCH3 is 1. The van der Waals surface area contributed by atoms with E-state index in [4.69, 9.17) is 14.2 Å². The summed E-state index contributed by atoms with van der Waals surface area (Å²) in [4.78, 5) is 39.9. The van der Waals surface area contributed by atoms with Crippen LogP contribution in [0.25, 0.3) is 10.9 Å². The van der Waals surface area contributed by atoms with Crippen LogP contribution in [-0.2, 0) is 22.5 Å². The second-order valence-corrected chi connectivity index (χ2v) is 12.0. The first-order valence-electron chi connectivity index (χ1n) is 16.3. The fourth-order valence-corrected chi connectivity index (χ4v) is 6.40. The molecule has 0 spiro atoms. The van der Waals surface area contributed by atoms with Crippen molar-refractivity contribution in [3.05, 3.63) is 119 Å². The number of halogens is 1. The van der Waals surface area contributed by atoms with E-state index in [0.717, 1.165) is 25.2 Å². The fraction of sp³-hybridized carbons (Fsp3) is 0.263. The number of nitrogens with one attached hydrogen (secondary N) is 1. The quantitative estimate of drug-likeness (QED) is 0.179. The van der Waals surface area contributed by atoms with Gasteiger partial charge in [0.1, 0.15) is 30.6 Å². The monoisotopic (exact) mass is 661 g/mol. The van der Waals surface area contributed by atoms with Crippen LogP contribution in [0.2, 0.25) is 0 Å². The SMILES string of the molecule is COc1cc2ncnc(Nc3ccc(CC(=O)C(c4ccccc4)N4Cc5ccccc5C4=O)cc3F)c2cc1OCCN1CCOCC1. The molecule has 3 heterocycles. The van der Waals surface area contributed by atoms with Gasteiger partial charge in [0.15, 0.2) is 17.3 Å². The van der Waals surface area contributed by atoms with Crippen molar-refractivity contribution in [2.24, 2.45) is 0 Å². The van der Waals surface area contributed by atoms with E-state index < -0.39 is 11.9 Å². The lowest BCUT2D eigenvalue weighted by Crippen LogP contribution is -2.38. The molecule has 250 valence electrons. The maximum absolute atomic E-state index is 15.7. The summed E-state index contributed by atoms with van der Waals surface area (Å²) in [6.45, 7) is 4.67. The van der Waals surface area contributed by atoms with Crippen molar-refractivity contribution in [2.75, 3.05) is 51.9 Å². The zero-order chi connectivity index (χ0) is 33.7. The van der Waals surface area contributed by atoms with E-state index in [2.05, 4.69) is 20.2 Å². The average molecular weight is 662 g/mol. The van der Waals surface area contributed by atoms with E-state index >= 15 is 4.39 Å². The number of Topliss-reactive ketones (excluding diaryl/α,β-unsaturated/α-hetero) is 1. The van der Waals surface area contributed by atoms with Gasteiger partial charge in [0.2, 0.25) is 0 Å². The number of carbonyl (C=O) groups excluding carboxylic acids is 2. The summed E-state index contributed by atoms with van der Waals surface area (Å²) in [6, 6.07) is 24.0. The fourth-order valence-electron chi connectivity index (χ4n) is 6.40. The van der Waals surface area contributed by atoms with Gasteiger partial charge in [0.25, 0.3) is 5.91 Å². The number of benzene rings is 4. The molecule has 1 aromatic heterocycles. The molecule has 0 radical (unpaired) electrons. The van der Waals surface area contributed by atoms with Gasteiger partial charge in [-0.05, 0) is 41.0 Å². The number of nitrogens with zero attached hydrogens (tertiary/aromatic N) is 4. The number of aromatic nitrogens is 2. The highest BCUT2D eigenvalue weighted by atomic mass is 19.1. The Bertz CT molecular complexity index is 1990. The van der Waals surface area contributed by atoms with Crippen LogP contribution in [0.1, 0.15) is 33.1 Å². The second kappa shape index (κ2) is 14.4. The Kier molecular flexibility index (Phi) is 9.45. The van der Waals surface area contributed by atoms with E-state index in [1.54, 1.807) is 42.3 Å². The number of morpholine rings is 1. The average Bonchev–Trinajstić information content (AvgIpc) is 3.45. The minimum absolute atomic E-state index is 0.0573. The molecule has 1 amide bonds. The van der Waals surface area contributed by atoms with Crippen molar-refractivity contribution in [1.82, 2.24) is 19.8 Å². The zero-order valence-electron chi connectivity index (χ0n) is 27.1. The number of ether oxygens (including phenoxy) is 3. The number of hydrogen-bond acceptors (Lipinski definition) is 9. The summed E-state index contributed by atoms with van der Waals surface area (Å²) < 4.78 is 32.8. The summed E-state index contributed by atoms with van der Waals surface area (Å²) in [5.41, 5.74) is 3.47. The van der Waals surface area contributed by atoms with Crippen LogP contribution in [0.5, 0.6) is 11.5 Å². The predicted molar refractivity (Wildman–Crippen MR) is 183 cm³/mol. The van der Waals surface area contributed by atoms with Crippen LogP contribution < -0.4 is 14.8 Å². The lowest BCUT2D eigenvalue weighted by atomic mass is 9.96. The molecular formula is C38H36FN5O5. The van der Waals surface area contributed by atoms with E-state index in [9.17, 15) is 9.59 Å². The highest BCUT2D eigenvalue weighted by Crippen LogP contribution is 2.36. The minimum atomic E-state index is -0.809. The number of hydrogen-bond donors (Lipinski definition) is 1. The molecule has 4 aromatic carbocycles. The van der Waals surface area contributed by atoms with Crippen LogP contribution in [0, 0.1) is 5.82 Å². The highest BCUT2D eigenvalue weighted by Gasteiger charge is 2.37. The molecule has 2 aliphatic rings. The maximum Gasteiger partial charge on any atom is 0.255 e. The van der Waals surface area contributed by atoms with Gasteiger partial charge in [-0.1, -0.05) is 54.6 Å². The van der Waals surface area contributed by atoms with Crippen LogP contribution >= 0.6 is 0 Å². The molecule has 1 saturated heterocycles. The third-order valence-electron chi connectivity index (χ3n) is 8.94. The first-order chi connectivity index (χ1) is 24.0. The Morgan fingerprint density at radius 2 is 1.78 bits per heavy atom. The van der Waals surface area contributed by atoms with Gasteiger partial charge in [-0.25, -0.2) is 14.4 Å². The summed E-state index contributed by atoms with van der Waals surface area (Å²) in [6.07, 6.45) is 1.34. The van der Waals surface area contributed by atoms with E-state index in [1.165, 1.54) is 12.4 Å². The molecule has 1 fully saturated rings.